The fourth-order valence-electron chi connectivity index (χ4n) is 3.41. The summed E-state index contributed by atoms with van der Waals surface area (Å²) in [4.78, 5) is 20.1. The number of hydrogen-bond acceptors (Lipinski definition) is 5. The van der Waals surface area contributed by atoms with Crippen LogP contribution in [0.15, 0.2) is 24.5 Å². The Bertz CT molecular complexity index is 743. The lowest BCUT2D eigenvalue weighted by molar-refractivity contribution is 0.181. The quantitative estimate of drug-likeness (QED) is 0.855. The fourth-order valence-corrected chi connectivity index (χ4v) is 3.41. The van der Waals surface area contributed by atoms with E-state index in [1.165, 1.54) is 11.3 Å². The molecule has 0 aromatic carbocycles. The van der Waals surface area contributed by atoms with Crippen LogP contribution < -0.4 is 4.90 Å². The van der Waals surface area contributed by atoms with Gasteiger partial charge >= 0.3 is 6.09 Å². The molecule has 0 radical (unpaired) electrons. The number of fused-ring (bicyclic) bond motifs is 1. The number of rotatable bonds is 3. The van der Waals surface area contributed by atoms with Gasteiger partial charge in [0, 0.05) is 31.7 Å². The average Bonchev–Trinajstić information content (AvgIpc) is 3.16. The van der Waals surface area contributed by atoms with Crippen LogP contribution in [0.1, 0.15) is 25.1 Å². The number of aromatic nitrogens is 3. The molecule has 4 heterocycles. The van der Waals surface area contributed by atoms with Crippen LogP contribution in [0.3, 0.4) is 0 Å². The van der Waals surface area contributed by atoms with Crippen molar-refractivity contribution in [2.75, 3.05) is 31.1 Å². The Morgan fingerprint density at radius 2 is 2.00 bits per heavy atom. The molecule has 0 saturated carbocycles. The number of amides is 1. The number of anilines is 1. The van der Waals surface area contributed by atoms with E-state index in [1.54, 1.807) is 11.1 Å². The largest absolute Gasteiger partial charge is 0.447 e. The Morgan fingerprint density at radius 3 is 2.68 bits per heavy atom. The molecular weight excluding hydrogens is 318 g/mol. The van der Waals surface area contributed by atoms with Gasteiger partial charge in [-0.2, -0.15) is 5.10 Å². The van der Waals surface area contributed by atoms with Gasteiger partial charge in [-0.3, -0.25) is 4.90 Å². The van der Waals surface area contributed by atoms with Crippen LogP contribution in [0.25, 0.3) is 5.69 Å². The Balaban J connectivity index is 1.52. The molecule has 25 heavy (non-hydrogen) atoms. The first-order valence-electron chi connectivity index (χ1n) is 8.84. The molecule has 4 rings (SSSR count). The van der Waals surface area contributed by atoms with Gasteiger partial charge in [0.1, 0.15) is 12.4 Å². The summed E-state index contributed by atoms with van der Waals surface area (Å²) < 4.78 is 6.85. The van der Waals surface area contributed by atoms with E-state index in [0.717, 1.165) is 31.6 Å². The molecule has 132 valence electrons. The van der Waals surface area contributed by atoms with Crippen molar-refractivity contribution in [3.63, 3.8) is 0 Å². The van der Waals surface area contributed by atoms with Crippen LogP contribution in [-0.4, -0.2) is 58.0 Å². The number of cyclic esters (lactones) is 1. The Labute approximate surface area is 147 Å². The molecule has 1 saturated heterocycles. The van der Waals surface area contributed by atoms with E-state index in [9.17, 15) is 4.79 Å². The summed E-state index contributed by atoms with van der Waals surface area (Å²) in [5.41, 5.74) is 3.40. The first kappa shape index (κ1) is 16.1. The highest BCUT2D eigenvalue weighted by atomic mass is 16.6. The van der Waals surface area contributed by atoms with Gasteiger partial charge in [-0.15, -0.1) is 0 Å². The molecule has 2 aromatic rings. The van der Waals surface area contributed by atoms with Crippen molar-refractivity contribution >= 4 is 11.9 Å². The maximum Gasteiger partial charge on any atom is 0.415 e. The minimum atomic E-state index is -0.333. The van der Waals surface area contributed by atoms with Gasteiger partial charge in [0.05, 0.1) is 24.1 Å². The molecule has 0 bridgehead atoms. The van der Waals surface area contributed by atoms with Crippen molar-refractivity contribution in [3.8, 4) is 5.69 Å². The highest BCUT2D eigenvalue weighted by Crippen LogP contribution is 2.20. The average molecular weight is 341 g/mol. The molecule has 2 aromatic heterocycles. The maximum absolute atomic E-state index is 11.6. The SMILES string of the molecule is CC(C)N1CCc2cn(-c3ccc(N4CCOC4=O)nc3)nc2CC1. The second-order valence-corrected chi connectivity index (χ2v) is 6.82. The molecule has 0 unspecified atom stereocenters. The molecule has 7 nitrogen and oxygen atoms in total. The summed E-state index contributed by atoms with van der Waals surface area (Å²) in [5, 5.41) is 4.76. The van der Waals surface area contributed by atoms with E-state index in [1.807, 2.05) is 16.8 Å². The minimum Gasteiger partial charge on any atom is -0.447 e. The van der Waals surface area contributed by atoms with Gasteiger partial charge in [-0.25, -0.2) is 14.5 Å². The Hall–Kier alpha value is -2.41. The molecule has 2 aliphatic rings. The third-order valence-corrected chi connectivity index (χ3v) is 4.95. The van der Waals surface area contributed by atoms with E-state index in [0.29, 0.717) is 25.0 Å². The summed E-state index contributed by atoms with van der Waals surface area (Å²) in [5.74, 6) is 0.618. The fraction of sp³-hybridized carbons (Fsp3) is 0.500. The smallest absolute Gasteiger partial charge is 0.415 e. The van der Waals surface area contributed by atoms with Gasteiger partial charge in [0.2, 0.25) is 0 Å². The lowest BCUT2D eigenvalue weighted by Crippen LogP contribution is -2.33. The molecule has 7 heteroatoms. The van der Waals surface area contributed by atoms with E-state index in [4.69, 9.17) is 9.84 Å². The van der Waals surface area contributed by atoms with Gasteiger partial charge in [0.25, 0.3) is 0 Å². The van der Waals surface area contributed by atoms with Crippen LogP contribution in [0.2, 0.25) is 0 Å². The van der Waals surface area contributed by atoms with Crippen LogP contribution >= 0.6 is 0 Å². The van der Waals surface area contributed by atoms with Crippen LogP contribution in [0.4, 0.5) is 10.6 Å². The molecule has 2 aliphatic heterocycles. The van der Waals surface area contributed by atoms with E-state index < -0.39 is 0 Å². The van der Waals surface area contributed by atoms with E-state index in [2.05, 4.69) is 29.9 Å². The van der Waals surface area contributed by atoms with Gasteiger partial charge in [0.15, 0.2) is 0 Å². The monoisotopic (exact) mass is 341 g/mol. The summed E-state index contributed by atoms with van der Waals surface area (Å²) in [6.07, 6.45) is 5.54. The van der Waals surface area contributed by atoms with E-state index >= 15 is 0 Å². The van der Waals surface area contributed by atoms with Crippen molar-refractivity contribution in [2.24, 2.45) is 0 Å². The molecule has 1 fully saturated rings. The molecule has 0 N–H and O–H groups in total. The van der Waals surface area contributed by atoms with Crippen molar-refractivity contribution < 1.29 is 9.53 Å². The molecule has 0 aliphatic carbocycles. The first-order chi connectivity index (χ1) is 12.1. The van der Waals surface area contributed by atoms with Gasteiger partial charge < -0.3 is 9.64 Å². The molecule has 0 atom stereocenters. The zero-order valence-electron chi connectivity index (χ0n) is 14.7. The molecule has 1 amide bonds. The van der Waals surface area contributed by atoms with Crippen molar-refractivity contribution in [1.29, 1.82) is 0 Å². The van der Waals surface area contributed by atoms with Gasteiger partial charge in [-0.1, -0.05) is 0 Å². The van der Waals surface area contributed by atoms with Crippen molar-refractivity contribution in [1.82, 2.24) is 19.7 Å². The second kappa shape index (κ2) is 6.48. The van der Waals surface area contributed by atoms with Crippen molar-refractivity contribution in [2.45, 2.75) is 32.7 Å². The third kappa shape index (κ3) is 3.11. The number of carbonyl (C=O) groups is 1. The topological polar surface area (TPSA) is 63.5 Å². The van der Waals surface area contributed by atoms with Crippen LogP contribution in [-0.2, 0) is 17.6 Å². The first-order valence-corrected chi connectivity index (χ1v) is 8.84. The standard InChI is InChI=1S/C18H23N5O2/c1-13(2)21-7-5-14-12-23(20-16(14)6-8-21)15-3-4-17(19-11-15)22-9-10-25-18(22)24/h3-4,11-13H,5-10H2,1-2H3. The highest BCUT2D eigenvalue weighted by molar-refractivity contribution is 5.88. The third-order valence-electron chi connectivity index (χ3n) is 4.95. The lowest BCUT2D eigenvalue weighted by atomic mass is 10.2. The number of carbonyl (C=O) groups excluding carboxylic acids is 1. The predicted molar refractivity (Wildman–Crippen MR) is 94.2 cm³/mol. The number of hydrogen-bond donors (Lipinski definition) is 0. The Morgan fingerprint density at radius 1 is 1.16 bits per heavy atom. The number of nitrogens with zero attached hydrogens (tertiary/aromatic N) is 5. The van der Waals surface area contributed by atoms with Crippen molar-refractivity contribution in [3.05, 3.63) is 35.8 Å². The van der Waals surface area contributed by atoms with Crippen LogP contribution in [0, 0.1) is 0 Å². The zero-order valence-corrected chi connectivity index (χ0v) is 14.7. The number of pyridine rings is 1. The highest BCUT2D eigenvalue weighted by Gasteiger charge is 2.24. The molecule has 0 spiro atoms. The minimum absolute atomic E-state index is 0.333. The summed E-state index contributed by atoms with van der Waals surface area (Å²) >= 11 is 0. The van der Waals surface area contributed by atoms with Gasteiger partial charge in [-0.05, 0) is 38.0 Å². The molecular formula is C18H23N5O2. The number of ether oxygens (including phenoxy) is 1. The maximum atomic E-state index is 11.6. The normalized spacial score (nSPS) is 18.4. The van der Waals surface area contributed by atoms with Crippen LogP contribution in [0.5, 0.6) is 0 Å². The second-order valence-electron chi connectivity index (χ2n) is 6.82. The summed E-state index contributed by atoms with van der Waals surface area (Å²) in [6.45, 7) is 7.58. The Kier molecular flexibility index (Phi) is 4.17. The predicted octanol–water partition coefficient (Wildman–Crippen LogP) is 2.03. The lowest BCUT2D eigenvalue weighted by Gasteiger charge is -2.23. The van der Waals surface area contributed by atoms with E-state index in [-0.39, 0.29) is 6.09 Å². The zero-order chi connectivity index (χ0) is 17.4. The summed E-state index contributed by atoms with van der Waals surface area (Å²) in [7, 11) is 0. The summed E-state index contributed by atoms with van der Waals surface area (Å²) in [6, 6.07) is 4.36.